The summed E-state index contributed by atoms with van der Waals surface area (Å²) in [4.78, 5) is 10.8. The lowest BCUT2D eigenvalue weighted by molar-refractivity contribution is 0.353. The molecule has 94 valence electrons. The normalized spacial score (nSPS) is 17.9. The van der Waals surface area contributed by atoms with E-state index in [1.807, 2.05) is 36.3 Å². The van der Waals surface area contributed by atoms with Crippen LogP contribution in [0.15, 0.2) is 41.6 Å². The van der Waals surface area contributed by atoms with Crippen molar-refractivity contribution in [2.24, 2.45) is 5.41 Å². The molecule has 1 aromatic carbocycles. The van der Waals surface area contributed by atoms with Crippen molar-refractivity contribution in [3.63, 3.8) is 0 Å². The maximum atomic E-state index is 10.8. The average molecular weight is 262 g/mol. The fourth-order valence-electron chi connectivity index (χ4n) is 2.27. The van der Waals surface area contributed by atoms with Gasteiger partial charge in [-0.3, -0.25) is 0 Å². The minimum atomic E-state index is 0.0935. The SMILES string of the molecule is CC1(C)CC(=C=O)C=C(Nc2ccc(Cl)cc2)C1. The second-order valence-electron chi connectivity index (χ2n) is 5.45. The van der Waals surface area contributed by atoms with Gasteiger partial charge in [0.25, 0.3) is 0 Å². The fraction of sp³-hybridized carbons (Fsp3) is 0.333. The van der Waals surface area contributed by atoms with Gasteiger partial charge in [0.2, 0.25) is 0 Å². The van der Waals surface area contributed by atoms with Gasteiger partial charge >= 0.3 is 0 Å². The Hall–Kier alpha value is -1.50. The fourth-order valence-corrected chi connectivity index (χ4v) is 2.40. The summed E-state index contributed by atoms with van der Waals surface area (Å²) in [6.07, 6.45) is 3.59. The molecule has 0 amide bonds. The maximum Gasteiger partial charge on any atom is 0.128 e. The van der Waals surface area contributed by atoms with Gasteiger partial charge in [-0.05, 0) is 48.6 Å². The van der Waals surface area contributed by atoms with Crippen LogP contribution in [-0.4, -0.2) is 5.94 Å². The molecule has 0 saturated heterocycles. The highest BCUT2D eigenvalue weighted by molar-refractivity contribution is 6.30. The Morgan fingerprint density at radius 2 is 1.89 bits per heavy atom. The van der Waals surface area contributed by atoms with Gasteiger partial charge in [-0.15, -0.1) is 0 Å². The van der Waals surface area contributed by atoms with Crippen LogP contribution in [0.1, 0.15) is 26.7 Å². The molecule has 0 aliphatic heterocycles. The van der Waals surface area contributed by atoms with Crippen molar-refractivity contribution in [3.8, 4) is 0 Å². The van der Waals surface area contributed by atoms with E-state index in [1.54, 1.807) is 0 Å². The zero-order valence-electron chi connectivity index (χ0n) is 10.6. The van der Waals surface area contributed by atoms with Gasteiger partial charge in [0.1, 0.15) is 5.94 Å². The molecule has 0 bridgehead atoms. The molecule has 0 spiro atoms. The number of nitrogens with one attached hydrogen (secondary N) is 1. The number of carbonyl (C=O) groups excluding carboxylic acids is 1. The quantitative estimate of drug-likeness (QED) is 0.808. The zero-order chi connectivity index (χ0) is 13.2. The molecular weight excluding hydrogens is 246 g/mol. The van der Waals surface area contributed by atoms with Crippen LogP contribution >= 0.6 is 11.6 Å². The first-order valence-corrected chi connectivity index (χ1v) is 6.33. The Labute approximate surface area is 112 Å². The van der Waals surface area contributed by atoms with Gasteiger partial charge in [0, 0.05) is 22.0 Å². The summed E-state index contributed by atoms with van der Waals surface area (Å²) >= 11 is 5.85. The van der Waals surface area contributed by atoms with Gasteiger partial charge in [-0.25, -0.2) is 4.79 Å². The van der Waals surface area contributed by atoms with E-state index in [9.17, 15) is 4.79 Å². The number of rotatable bonds is 2. The van der Waals surface area contributed by atoms with Crippen molar-refractivity contribution in [3.05, 3.63) is 46.6 Å². The lowest BCUT2D eigenvalue weighted by atomic mass is 9.77. The summed E-state index contributed by atoms with van der Waals surface area (Å²) in [5, 5.41) is 4.05. The monoisotopic (exact) mass is 261 g/mol. The maximum absolute atomic E-state index is 10.8. The van der Waals surface area contributed by atoms with Gasteiger partial charge in [-0.2, -0.15) is 0 Å². The van der Waals surface area contributed by atoms with Crippen LogP contribution < -0.4 is 5.32 Å². The molecule has 18 heavy (non-hydrogen) atoms. The van der Waals surface area contributed by atoms with Crippen molar-refractivity contribution in [2.75, 3.05) is 5.32 Å². The summed E-state index contributed by atoms with van der Waals surface area (Å²) in [5.74, 6) is 2.01. The molecule has 0 aromatic heterocycles. The average Bonchev–Trinajstić information content (AvgIpc) is 2.30. The smallest absolute Gasteiger partial charge is 0.128 e. The number of halogens is 1. The van der Waals surface area contributed by atoms with E-state index >= 15 is 0 Å². The minimum absolute atomic E-state index is 0.0935. The van der Waals surface area contributed by atoms with Gasteiger partial charge in [0.05, 0.1) is 0 Å². The molecule has 0 unspecified atom stereocenters. The van der Waals surface area contributed by atoms with Gasteiger partial charge < -0.3 is 5.32 Å². The molecule has 2 rings (SSSR count). The van der Waals surface area contributed by atoms with Crippen LogP contribution in [0.2, 0.25) is 5.02 Å². The molecule has 0 heterocycles. The summed E-state index contributed by atoms with van der Waals surface area (Å²) in [7, 11) is 0. The number of hydrogen-bond acceptors (Lipinski definition) is 2. The first-order valence-electron chi connectivity index (χ1n) is 5.96. The predicted molar refractivity (Wildman–Crippen MR) is 75.4 cm³/mol. The molecule has 1 aromatic rings. The number of benzene rings is 1. The van der Waals surface area contributed by atoms with Crippen molar-refractivity contribution in [2.45, 2.75) is 26.7 Å². The number of allylic oxidation sites excluding steroid dienone is 3. The largest absolute Gasteiger partial charge is 0.359 e. The van der Waals surface area contributed by atoms with Crippen LogP contribution in [0, 0.1) is 5.41 Å². The summed E-state index contributed by atoms with van der Waals surface area (Å²) < 4.78 is 0. The van der Waals surface area contributed by atoms with Crippen LogP contribution in [0.3, 0.4) is 0 Å². The van der Waals surface area contributed by atoms with Crippen LogP contribution in [0.4, 0.5) is 5.69 Å². The highest BCUT2D eigenvalue weighted by atomic mass is 35.5. The Morgan fingerprint density at radius 3 is 2.50 bits per heavy atom. The third-order valence-electron chi connectivity index (χ3n) is 2.97. The lowest BCUT2D eigenvalue weighted by Gasteiger charge is -2.30. The van der Waals surface area contributed by atoms with E-state index in [0.29, 0.717) is 5.02 Å². The first kappa shape index (κ1) is 12.9. The van der Waals surface area contributed by atoms with E-state index in [2.05, 4.69) is 19.2 Å². The van der Waals surface area contributed by atoms with Gasteiger partial charge in [-0.1, -0.05) is 25.4 Å². The molecule has 0 saturated carbocycles. The van der Waals surface area contributed by atoms with E-state index in [-0.39, 0.29) is 5.41 Å². The topological polar surface area (TPSA) is 29.1 Å². The minimum Gasteiger partial charge on any atom is -0.359 e. The molecule has 1 N–H and O–H groups in total. The van der Waals surface area contributed by atoms with Crippen molar-refractivity contribution in [1.82, 2.24) is 0 Å². The molecule has 2 nitrogen and oxygen atoms in total. The van der Waals surface area contributed by atoms with E-state index in [4.69, 9.17) is 11.6 Å². The summed E-state index contributed by atoms with van der Waals surface area (Å²) in [6.45, 7) is 4.31. The first-order chi connectivity index (χ1) is 8.48. The molecule has 1 aliphatic rings. The van der Waals surface area contributed by atoms with Crippen LogP contribution in [0.25, 0.3) is 0 Å². The van der Waals surface area contributed by atoms with E-state index < -0.39 is 0 Å². The Kier molecular flexibility index (Phi) is 3.60. The van der Waals surface area contributed by atoms with E-state index in [1.165, 1.54) is 0 Å². The Bertz CT molecular complexity index is 522. The standard InChI is InChI=1S/C15H16ClNO/c1-15(2)8-11(10-18)7-14(9-15)17-13-5-3-12(16)4-6-13/h3-7,17H,8-9H2,1-2H3. The molecule has 0 radical (unpaired) electrons. The molecule has 0 fully saturated rings. The summed E-state index contributed by atoms with van der Waals surface area (Å²) in [6, 6.07) is 7.54. The third kappa shape index (κ3) is 3.25. The van der Waals surface area contributed by atoms with Gasteiger partial charge in [0.15, 0.2) is 0 Å². The lowest BCUT2D eigenvalue weighted by Crippen LogP contribution is -2.20. The zero-order valence-corrected chi connectivity index (χ0v) is 11.3. The van der Waals surface area contributed by atoms with Crippen molar-refractivity contribution >= 4 is 23.2 Å². The van der Waals surface area contributed by atoms with Crippen molar-refractivity contribution in [1.29, 1.82) is 0 Å². The molecular formula is C15H16ClNO. The second-order valence-corrected chi connectivity index (χ2v) is 5.88. The Morgan fingerprint density at radius 1 is 1.22 bits per heavy atom. The predicted octanol–water partition coefficient (Wildman–Crippen LogP) is 4.21. The Balaban J connectivity index is 2.20. The van der Waals surface area contributed by atoms with Crippen molar-refractivity contribution < 1.29 is 4.79 Å². The molecule has 1 aliphatic carbocycles. The third-order valence-corrected chi connectivity index (χ3v) is 3.22. The number of anilines is 1. The summed E-state index contributed by atoms with van der Waals surface area (Å²) in [5.41, 5.74) is 2.85. The van der Waals surface area contributed by atoms with E-state index in [0.717, 1.165) is 29.8 Å². The van der Waals surface area contributed by atoms with Crippen LogP contribution in [-0.2, 0) is 4.79 Å². The molecule has 0 atom stereocenters. The van der Waals surface area contributed by atoms with Crippen LogP contribution in [0.5, 0.6) is 0 Å². The second kappa shape index (κ2) is 5.01. The highest BCUT2D eigenvalue weighted by Gasteiger charge is 2.26. The number of hydrogen-bond donors (Lipinski definition) is 1. The highest BCUT2D eigenvalue weighted by Crippen LogP contribution is 2.37. The molecule has 3 heteroatoms.